The van der Waals surface area contributed by atoms with E-state index in [4.69, 9.17) is 0 Å². The molecule has 0 aliphatic carbocycles. The van der Waals surface area contributed by atoms with Gasteiger partial charge in [-0.1, -0.05) is 13.3 Å². The molecule has 1 aromatic rings. The molecular formula is C15H27N3S. The van der Waals surface area contributed by atoms with E-state index in [0.717, 1.165) is 13.1 Å². The van der Waals surface area contributed by atoms with Gasteiger partial charge in [0, 0.05) is 23.5 Å². The number of hydrogen-bond acceptors (Lipinski definition) is 4. The van der Waals surface area contributed by atoms with Gasteiger partial charge in [-0.3, -0.25) is 4.90 Å². The van der Waals surface area contributed by atoms with Gasteiger partial charge in [0.2, 0.25) is 0 Å². The lowest BCUT2D eigenvalue weighted by Crippen LogP contribution is -2.44. The lowest BCUT2D eigenvalue weighted by atomic mass is 10.0. The molecule has 0 amide bonds. The molecule has 1 aromatic heterocycles. The van der Waals surface area contributed by atoms with Gasteiger partial charge >= 0.3 is 0 Å². The molecule has 4 heteroatoms. The highest BCUT2D eigenvalue weighted by Crippen LogP contribution is 2.29. The fourth-order valence-electron chi connectivity index (χ4n) is 3.02. The summed E-state index contributed by atoms with van der Waals surface area (Å²) in [5.41, 5.74) is 1.21. The lowest BCUT2D eigenvalue weighted by Gasteiger charge is -2.33. The molecule has 0 radical (unpaired) electrons. The van der Waals surface area contributed by atoms with Gasteiger partial charge in [0.05, 0.1) is 10.7 Å². The van der Waals surface area contributed by atoms with Crippen LogP contribution in [-0.4, -0.2) is 35.6 Å². The molecule has 0 aromatic carbocycles. The molecule has 2 atom stereocenters. The van der Waals surface area contributed by atoms with Crippen LogP contribution in [0, 0.1) is 13.8 Å². The average molecular weight is 281 g/mol. The summed E-state index contributed by atoms with van der Waals surface area (Å²) in [6.07, 6.45) is 4.04. The number of thiazole rings is 1. The van der Waals surface area contributed by atoms with Gasteiger partial charge in [-0.25, -0.2) is 4.98 Å². The van der Waals surface area contributed by atoms with Crippen LogP contribution in [0.1, 0.15) is 54.7 Å². The molecule has 108 valence electrons. The number of rotatable bonds is 5. The van der Waals surface area contributed by atoms with Crippen LogP contribution in [-0.2, 0) is 0 Å². The second kappa shape index (κ2) is 6.82. The number of hydrogen-bond donors (Lipinski definition) is 1. The summed E-state index contributed by atoms with van der Waals surface area (Å²) in [4.78, 5) is 8.60. The fraction of sp³-hybridized carbons (Fsp3) is 0.800. The van der Waals surface area contributed by atoms with E-state index in [1.165, 1.54) is 41.4 Å². The lowest BCUT2D eigenvalue weighted by molar-refractivity contribution is 0.186. The Labute approximate surface area is 121 Å². The summed E-state index contributed by atoms with van der Waals surface area (Å²) in [6.45, 7) is 12.3. The summed E-state index contributed by atoms with van der Waals surface area (Å²) in [7, 11) is 0. The van der Waals surface area contributed by atoms with E-state index in [1.807, 2.05) is 11.3 Å². The molecule has 3 nitrogen and oxygen atoms in total. The van der Waals surface area contributed by atoms with Crippen LogP contribution in [0.3, 0.4) is 0 Å². The number of likely N-dealkylation sites (N-methyl/N-ethyl adjacent to an activating group) is 1. The van der Waals surface area contributed by atoms with Crippen LogP contribution in [0.25, 0.3) is 0 Å². The Balaban J connectivity index is 2.01. The maximum Gasteiger partial charge on any atom is 0.0900 e. The third-order valence-electron chi connectivity index (χ3n) is 4.14. The van der Waals surface area contributed by atoms with E-state index >= 15 is 0 Å². The van der Waals surface area contributed by atoms with E-state index in [9.17, 15) is 0 Å². The second-order valence-corrected chi connectivity index (χ2v) is 6.83. The highest BCUT2D eigenvalue weighted by atomic mass is 32.1. The summed E-state index contributed by atoms with van der Waals surface area (Å²) in [6, 6.07) is 1.16. The van der Waals surface area contributed by atoms with Crippen LogP contribution in [0.5, 0.6) is 0 Å². The SMILES string of the molecule is CCN(CC1CCCCN1)C(C)c1sc(C)nc1C. The zero-order valence-electron chi connectivity index (χ0n) is 12.7. The smallest absolute Gasteiger partial charge is 0.0900 e. The molecule has 2 unspecified atom stereocenters. The Bertz CT molecular complexity index is 396. The maximum atomic E-state index is 4.57. The first-order valence-electron chi connectivity index (χ1n) is 7.53. The van der Waals surface area contributed by atoms with Crippen molar-refractivity contribution >= 4 is 11.3 Å². The van der Waals surface area contributed by atoms with E-state index in [2.05, 4.69) is 42.9 Å². The van der Waals surface area contributed by atoms with Gasteiger partial charge in [-0.05, 0) is 46.7 Å². The molecule has 0 saturated carbocycles. The van der Waals surface area contributed by atoms with Crippen molar-refractivity contribution in [2.24, 2.45) is 0 Å². The minimum atomic E-state index is 0.486. The highest BCUT2D eigenvalue weighted by molar-refractivity contribution is 7.11. The second-order valence-electron chi connectivity index (χ2n) is 5.59. The number of nitrogens with one attached hydrogen (secondary N) is 1. The van der Waals surface area contributed by atoms with Gasteiger partial charge in [0.1, 0.15) is 0 Å². The van der Waals surface area contributed by atoms with Gasteiger partial charge in [0.25, 0.3) is 0 Å². The maximum absolute atomic E-state index is 4.57. The van der Waals surface area contributed by atoms with Crippen molar-refractivity contribution in [1.29, 1.82) is 0 Å². The minimum Gasteiger partial charge on any atom is -0.313 e. The molecular weight excluding hydrogens is 254 g/mol. The zero-order chi connectivity index (χ0) is 13.8. The van der Waals surface area contributed by atoms with E-state index < -0.39 is 0 Å². The number of nitrogens with zero attached hydrogens (tertiary/aromatic N) is 2. The van der Waals surface area contributed by atoms with Crippen molar-refractivity contribution in [3.05, 3.63) is 15.6 Å². The van der Waals surface area contributed by atoms with E-state index in [0.29, 0.717) is 12.1 Å². The van der Waals surface area contributed by atoms with Crippen LogP contribution in [0.15, 0.2) is 0 Å². The normalized spacial score (nSPS) is 21.8. The molecule has 2 heterocycles. The standard InChI is InChI=1S/C15H27N3S/c1-5-18(10-14-8-6-7-9-16-14)12(3)15-11(2)17-13(4)19-15/h12,14,16H,5-10H2,1-4H3. The fourth-order valence-corrected chi connectivity index (χ4v) is 4.04. The molecule has 0 spiro atoms. The number of aryl methyl sites for hydroxylation is 2. The molecule has 1 aliphatic rings. The van der Waals surface area contributed by atoms with E-state index in [1.54, 1.807) is 0 Å². The number of aromatic nitrogens is 1. The molecule has 0 bridgehead atoms. The monoisotopic (exact) mass is 281 g/mol. The first-order chi connectivity index (χ1) is 9.11. The van der Waals surface area contributed by atoms with Crippen LogP contribution >= 0.6 is 11.3 Å². The largest absolute Gasteiger partial charge is 0.313 e. The predicted octanol–water partition coefficient (Wildman–Crippen LogP) is 3.28. The Morgan fingerprint density at radius 2 is 2.21 bits per heavy atom. The van der Waals surface area contributed by atoms with Crippen molar-refractivity contribution in [1.82, 2.24) is 15.2 Å². The summed E-state index contributed by atoms with van der Waals surface area (Å²) >= 11 is 1.85. The summed E-state index contributed by atoms with van der Waals surface area (Å²) in [5.74, 6) is 0. The Morgan fingerprint density at radius 3 is 2.74 bits per heavy atom. The molecule has 1 fully saturated rings. The first-order valence-corrected chi connectivity index (χ1v) is 8.34. The summed E-state index contributed by atoms with van der Waals surface area (Å²) < 4.78 is 0. The molecule has 1 N–H and O–H groups in total. The quantitative estimate of drug-likeness (QED) is 0.897. The van der Waals surface area contributed by atoms with Crippen molar-refractivity contribution in [2.75, 3.05) is 19.6 Å². The molecule has 1 aliphatic heterocycles. The zero-order valence-corrected chi connectivity index (χ0v) is 13.5. The average Bonchev–Trinajstić information content (AvgIpc) is 2.75. The Hall–Kier alpha value is -0.450. The van der Waals surface area contributed by atoms with E-state index in [-0.39, 0.29) is 0 Å². The Morgan fingerprint density at radius 1 is 1.42 bits per heavy atom. The van der Waals surface area contributed by atoms with Gasteiger partial charge in [-0.2, -0.15) is 0 Å². The highest BCUT2D eigenvalue weighted by Gasteiger charge is 2.22. The van der Waals surface area contributed by atoms with Gasteiger partial charge in [0.15, 0.2) is 0 Å². The minimum absolute atomic E-state index is 0.486. The van der Waals surface area contributed by atoms with Crippen molar-refractivity contribution in [3.8, 4) is 0 Å². The first kappa shape index (κ1) is 14.9. The van der Waals surface area contributed by atoms with Crippen LogP contribution in [0.2, 0.25) is 0 Å². The third-order valence-corrected chi connectivity index (χ3v) is 5.38. The summed E-state index contributed by atoms with van der Waals surface area (Å²) in [5, 5.41) is 4.84. The van der Waals surface area contributed by atoms with Crippen LogP contribution < -0.4 is 5.32 Å². The number of piperidine rings is 1. The third kappa shape index (κ3) is 3.77. The van der Waals surface area contributed by atoms with Crippen LogP contribution in [0.4, 0.5) is 0 Å². The van der Waals surface area contributed by atoms with Crippen molar-refractivity contribution in [2.45, 2.75) is 59.0 Å². The van der Waals surface area contributed by atoms with Gasteiger partial charge < -0.3 is 5.32 Å². The molecule has 1 saturated heterocycles. The van der Waals surface area contributed by atoms with Crippen molar-refractivity contribution < 1.29 is 0 Å². The topological polar surface area (TPSA) is 28.2 Å². The van der Waals surface area contributed by atoms with Crippen molar-refractivity contribution in [3.63, 3.8) is 0 Å². The van der Waals surface area contributed by atoms with Gasteiger partial charge in [-0.15, -0.1) is 11.3 Å². The Kier molecular flexibility index (Phi) is 5.37. The predicted molar refractivity (Wildman–Crippen MR) is 82.9 cm³/mol. The molecule has 19 heavy (non-hydrogen) atoms. The molecule has 2 rings (SSSR count).